The Morgan fingerprint density at radius 3 is 2.40 bits per heavy atom. The molecule has 2 fully saturated rings. The average Bonchev–Trinajstić information content (AvgIpc) is 2.14. The molecule has 2 aliphatic rings. The minimum Gasteiger partial charge on any atom is -0.316 e. The number of hydrogen-bond acceptors (Lipinski definition) is 2. The molecule has 1 aliphatic heterocycles. The van der Waals surface area contributed by atoms with E-state index in [1.54, 1.807) is 0 Å². The van der Waals surface area contributed by atoms with E-state index in [1.807, 2.05) is 0 Å². The summed E-state index contributed by atoms with van der Waals surface area (Å²) >= 11 is 0. The van der Waals surface area contributed by atoms with E-state index in [0.29, 0.717) is 0 Å². The predicted octanol–water partition coefficient (Wildman–Crippen LogP) is 2.10. The van der Waals surface area contributed by atoms with Crippen LogP contribution in [-0.4, -0.2) is 37.1 Å². The smallest absolute Gasteiger partial charge is 0.0195 e. The molecular weight excluding hydrogens is 184 g/mol. The second-order valence-electron chi connectivity index (χ2n) is 5.76. The summed E-state index contributed by atoms with van der Waals surface area (Å²) in [5.41, 5.74) is 0. The molecule has 1 saturated heterocycles. The van der Waals surface area contributed by atoms with E-state index >= 15 is 0 Å². The lowest BCUT2D eigenvalue weighted by Gasteiger charge is -2.46. The molecule has 0 radical (unpaired) electrons. The summed E-state index contributed by atoms with van der Waals surface area (Å²) in [4.78, 5) is 2.75. The molecule has 0 spiro atoms. The van der Waals surface area contributed by atoms with E-state index in [9.17, 15) is 0 Å². The zero-order chi connectivity index (χ0) is 10.8. The highest BCUT2D eigenvalue weighted by atomic mass is 15.2. The zero-order valence-electron chi connectivity index (χ0n) is 10.5. The lowest BCUT2D eigenvalue weighted by molar-refractivity contribution is 0.0469. The molecule has 1 saturated carbocycles. The molecule has 0 aromatic heterocycles. The number of likely N-dealkylation sites (N-methyl/N-ethyl adjacent to an activating group) is 1. The molecule has 88 valence electrons. The molecule has 0 aromatic rings. The fourth-order valence-corrected chi connectivity index (χ4v) is 2.92. The molecule has 1 aliphatic carbocycles. The quantitative estimate of drug-likeness (QED) is 0.767. The van der Waals surface area contributed by atoms with Gasteiger partial charge in [-0.15, -0.1) is 0 Å². The normalized spacial score (nSPS) is 34.4. The van der Waals surface area contributed by atoms with Crippen LogP contribution in [0, 0.1) is 11.8 Å². The highest BCUT2D eigenvalue weighted by Gasteiger charge is 2.33. The molecular formula is C13H26N2. The first-order valence-electron chi connectivity index (χ1n) is 6.62. The van der Waals surface area contributed by atoms with E-state index in [1.165, 1.54) is 38.8 Å². The van der Waals surface area contributed by atoms with Gasteiger partial charge in [0.15, 0.2) is 0 Å². The van der Waals surface area contributed by atoms with Crippen molar-refractivity contribution in [2.45, 2.75) is 51.6 Å². The molecule has 2 nitrogen and oxygen atoms in total. The van der Waals surface area contributed by atoms with E-state index in [0.717, 1.165) is 23.9 Å². The zero-order valence-corrected chi connectivity index (χ0v) is 10.5. The van der Waals surface area contributed by atoms with Gasteiger partial charge in [-0.3, -0.25) is 4.90 Å². The Balaban J connectivity index is 1.93. The molecule has 2 atom stereocenters. The summed E-state index contributed by atoms with van der Waals surface area (Å²) in [5, 5.41) is 3.48. The second kappa shape index (κ2) is 4.84. The molecule has 15 heavy (non-hydrogen) atoms. The van der Waals surface area contributed by atoms with Crippen molar-refractivity contribution >= 4 is 0 Å². The molecule has 0 aromatic carbocycles. The fraction of sp³-hybridized carbons (Fsp3) is 1.00. The first-order chi connectivity index (χ1) is 7.20. The maximum Gasteiger partial charge on any atom is 0.0195 e. The molecule has 1 heterocycles. The summed E-state index contributed by atoms with van der Waals surface area (Å²) in [7, 11) is 2.12. The summed E-state index contributed by atoms with van der Waals surface area (Å²) in [5.74, 6) is 1.74. The number of hydrogen-bond donors (Lipinski definition) is 1. The van der Waals surface area contributed by atoms with E-state index in [4.69, 9.17) is 0 Å². The van der Waals surface area contributed by atoms with Gasteiger partial charge in [0.05, 0.1) is 0 Å². The Morgan fingerprint density at radius 2 is 1.93 bits per heavy atom. The maximum atomic E-state index is 3.48. The van der Waals surface area contributed by atoms with Gasteiger partial charge >= 0.3 is 0 Å². The first-order valence-corrected chi connectivity index (χ1v) is 6.62. The third-order valence-corrected chi connectivity index (χ3v) is 4.45. The molecule has 2 heteroatoms. The fourth-order valence-electron chi connectivity index (χ4n) is 2.92. The number of likely N-dealkylation sites (tertiary alicyclic amines) is 1. The van der Waals surface area contributed by atoms with Gasteiger partial charge in [-0.05, 0) is 38.1 Å². The van der Waals surface area contributed by atoms with E-state index in [2.05, 4.69) is 31.1 Å². The molecule has 2 unspecified atom stereocenters. The van der Waals surface area contributed by atoms with Gasteiger partial charge in [0.2, 0.25) is 0 Å². The van der Waals surface area contributed by atoms with Crippen LogP contribution in [0.3, 0.4) is 0 Å². The highest BCUT2D eigenvalue weighted by Crippen LogP contribution is 2.31. The van der Waals surface area contributed by atoms with Crippen LogP contribution in [0.15, 0.2) is 0 Å². The Morgan fingerprint density at radius 1 is 1.20 bits per heavy atom. The highest BCUT2D eigenvalue weighted by molar-refractivity contribution is 4.90. The average molecular weight is 210 g/mol. The Hall–Kier alpha value is -0.0800. The van der Waals surface area contributed by atoms with Gasteiger partial charge in [0.25, 0.3) is 0 Å². The van der Waals surface area contributed by atoms with Crippen LogP contribution in [0.4, 0.5) is 0 Å². The Labute approximate surface area is 94.4 Å². The second-order valence-corrected chi connectivity index (χ2v) is 5.76. The van der Waals surface area contributed by atoms with Gasteiger partial charge in [-0.2, -0.15) is 0 Å². The number of nitrogens with one attached hydrogen (secondary N) is 1. The molecule has 2 rings (SSSR count). The van der Waals surface area contributed by atoms with Gasteiger partial charge in [0.1, 0.15) is 0 Å². The van der Waals surface area contributed by atoms with Gasteiger partial charge in [-0.25, -0.2) is 0 Å². The van der Waals surface area contributed by atoms with Crippen LogP contribution in [0.1, 0.15) is 39.5 Å². The van der Waals surface area contributed by atoms with Crippen molar-refractivity contribution in [3.05, 3.63) is 0 Å². The van der Waals surface area contributed by atoms with Crippen molar-refractivity contribution in [2.24, 2.45) is 11.8 Å². The topological polar surface area (TPSA) is 15.3 Å². The first kappa shape index (κ1) is 11.4. The lowest BCUT2D eigenvalue weighted by atomic mass is 9.82. The predicted molar refractivity (Wildman–Crippen MR) is 65.0 cm³/mol. The van der Waals surface area contributed by atoms with Crippen molar-refractivity contribution in [1.82, 2.24) is 10.2 Å². The monoisotopic (exact) mass is 210 g/mol. The number of nitrogens with zero attached hydrogens (tertiary/aromatic N) is 1. The molecule has 0 bridgehead atoms. The van der Waals surface area contributed by atoms with E-state index in [-0.39, 0.29) is 0 Å². The van der Waals surface area contributed by atoms with Crippen molar-refractivity contribution < 1.29 is 0 Å². The van der Waals surface area contributed by atoms with Gasteiger partial charge in [0, 0.05) is 25.2 Å². The van der Waals surface area contributed by atoms with Crippen molar-refractivity contribution in [3.63, 3.8) is 0 Å². The molecule has 0 amide bonds. The van der Waals surface area contributed by atoms with Gasteiger partial charge < -0.3 is 5.32 Å². The van der Waals surface area contributed by atoms with Crippen LogP contribution < -0.4 is 5.32 Å². The maximum absolute atomic E-state index is 3.48. The lowest BCUT2D eigenvalue weighted by Crippen LogP contribution is -2.54. The summed E-state index contributed by atoms with van der Waals surface area (Å²) in [6.45, 7) is 7.38. The van der Waals surface area contributed by atoms with Crippen LogP contribution in [0.25, 0.3) is 0 Å². The third-order valence-electron chi connectivity index (χ3n) is 4.45. The summed E-state index contributed by atoms with van der Waals surface area (Å²) < 4.78 is 0. The number of rotatable bonds is 3. The largest absolute Gasteiger partial charge is 0.316 e. The minimum atomic E-state index is 0.728. The Bertz CT molecular complexity index is 199. The standard InChI is InChI=1S/C13H26N2/c1-10(2)11-7-12(14-3)9-15(8-11)13-5-4-6-13/h10-14H,4-9H2,1-3H3. The van der Waals surface area contributed by atoms with Crippen molar-refractivity contribution in [3.8, 4) is 0 Å². The summed E-state index contributed by atoms with van der Waals surface area (Å²) in [6, 6.07) is 1.65. The van der Waals surface area contributed by atoms with Crippen molar-refractivity contribution in [1.29, 1.82) is 0 Å². The van der Waals surface area contributed by atoms with Crippen molar-refractivity contribution in [2.75, 3.05) is 20.1 Å². The van der Waals surface area contributed by atoms with Crippen LogP contribution in [0.2, 0.25) is 0 Å². The van der Waals surface area contributed by atoms with Crippen LogP contribution in [0.5, 0.6) is 0 Å². The van der Waals surface area contributed by atoms with Gasteiger partial charge in [-0.1, -0.05) is 20.3 Å². The summed E-state index contributed by atoms with van der Waals surface area (Å²) in [6.07, 6.45) is 5.72. The van der Waals surface area contributed by atoms with Crippen LogP contribution >= 0.6 is 0 Å². The third kappa shape index (κ3) is 2.54. The molecule has 1 N–H and O–H groups in total. The van der Waals surface area contributed by atoms with Crippen LogP contribution in [-0.2, 0) is 0 Å². The minimum absolute atomic E-state index is 0.728. The Kier molecular flexibility index (Phi) is 3.68. The SMILES string of the molecule is CNC1CC(C(C)C)CN(C2CCC2)C1. The number of piperidine rings is 1. The van der Waals surface area contributed by atoms with E-state index < -0.39 is 0 Å².